The summed E-state index contributed by atoms with van der Waals surface area (Å²) in [4.78, 5) is 17.3. The molecule has 0 radical (unpaired) electrons. The number of nitrogens with one attached hydrogen (secondary N) is 1. The monoisotopic (exact) mass is 223 g/mol. The van der Waals surface area contributed by atoms with Gasteiger partial charge in [0.1, 0.15) is 12.1 Å². The molecular formula is C9H13N5O2. The number of anilines is 1. The quantitative estimate of drug-likeness (QED) is 0.711. The Morgan fingerprint density at radius 1 is 1.62 bits per heavy atom. The van der Waals surface area contributed by atoms with Gasteiger partial charge in [-0.15, -0.1) is 0 Å². The molecule has 0 aliphatic rings. The molecule has 0 aliphatic carbocycles. The van der Waals surface area contributed by atoms with Crippen molar-refractivity contribution in [2.45, 2.75) is 6.92 Å². The van der Waals surface area contributed by atoms with Crippen LogP contribution >= 0.6 is 0 Å². The normalized spacial score (nSPS) is 10.9. The fourth-order valence-electron chi connectivity index (χ4n) is 1.53. The molecule has 0 aliphatic heterocycles. The van der Waals surface area contributed by atoms with Crippen LogP contribution in [0.25, 0.3) is 5.65 Å². The minimum absolute atomic E-state index is 0.0636. The summed E-state index contributed by atoms with van der Waals surface area (Å²) in [6, 6.07) is 1.71. The Kier molecular flexibility index (Phi) is 2.86. The summed E-state index contributed by atoms with van der Waals surface area (Å²) in [6.45, 7) is 3.28. The summed E-state index contributed by atoms with van der Waals surface area (Å²) in [5.74, 6) is 0.697. The highest BCUT2D eigenvalue weighted by Crippen LogP contribution is 2.10. The average Bonchev–Trinajstić information content (AvgIpc) is 2.67. The van der Waals surface area contributed by atoms with Crippen molar-refractivity contribution in [1.29, 1.82) is 0 Å². The van der Waals surface area contributed by atoms with Crippen LogP contribution in [-0.2, 0) is 0 Å². The number of fused-ring (bicyclic) bond motifs is 1. The van der Waals surface area contributed by atoms with E-state index in [1.807, 2.05) is 11.8 Å². The lowest BCUT2D eigenvalue weighted by molar-refractivity contribution is 0.302. The fourth-order valence-corrected chi connectivity index (χ4v) is 1.53. The van der Waals surface area contributed by atoms with Crippen LogP contribution in [0.1, 0.15) is 6.92 Å². The number of H-pyrrole nitrogens is 1. The molecule has 2 heterocycles. The third-order valence-electron chi connectivity index (χ3n) is 2.37. The van der Waals surface area contributed by atoms with Crippen LogP contribution in [0.2, 0.25) is 0 Å². The van der Waals surface area contributed by atoms with E-state index in [0.29, 0.717) is 18.0 Å². The van der Waals surface area contributed by atoms with Crippen molar-refractivity contribution in [3.8, 4) is 0 Å². The molecule has 16 heavy (non-hydrogen) atoms. The highest BCUT2D eigenvalue weighted by atomic mass is 16.3. The number of aliphatic hydroxyl groups is 1. The van der Waals surface area contributed by atoms with E-state index in [0.717, 1.165) is 6.54 Å². The van der Waals surface area contributed by atoms with Crippen molar-refractivity contribution in [2.24, 2.45) is 0 Å². The maximum Gasteiger partial charge on any atom is 0.348 e. The molecule has 0 saturated carbocycles. The Bertz CT molecular complexity index is 532. The number of likely N-dealkylation sites (N-methyl/N-ethyl adjacent to an activating group) is 1. The molecule has 2 aromatic heterocycles. The highest BCUT2D eigenvalue weighted by molar-refractivity contribution is 5.49. The minimum atomic E-state index is -0.306. The van der Waals surface area contributed by atoms with Gasteiger partial charge >= 0.3 is 5.69 Å². The molecular weight excluding hydrogens is 210 g/mol. The van der Waals surface area contributed by atoms with Gasteiger partial charge in [-0.05, 0) is 6.92 Å². The zero-order valence-corrected chi connectivity index (χ0v) is 8.92. The van der Waals surface area contributed by atoms with E-state index < -0.39 is 0 Å². The van der Waals surface area contributed by atoms with Crippen molar-refractivity contribution in [1.82, 2.24) is 19.6 Å². The Hall–Kier alpha value is -1.89. The third kappa shape index (κ3) is 1.76. The Labute approximate surface area is 91.4 Å². The molecule has 0 aromatic carbocycles. The second-order valence-electron chi connectivity index (χ2n) is 3.31. The minimum Gasteiger partial charge on any atom is -0.395 e. The maximum atomic E-state index is 11.2. The zero-order chi connectivity index (χ0) is 11.5. The van der Waals surface area contributed by atoms with E-state index in [2.05, 4.69) is 15.2 Å². The van der Waals surface area contributed by atoms with Crippen LogP contribution in [0.4, 0.5) is 5.82 Å². The first kappa shape index (κ1) is 10.6. The lowest BCUT2D eigenvalue weighted by atomic mass is 10.4. The Morgan fingerprint density at radius 3 is 3.12 bits per heavy atom. The number of rotatable bonds is 4. The molecule has 86 valence electrons. The zero-order valence-electron chi connectivity index (χ0n) is 8.92. The fraction of sp³-hybridized carbons (Fsp3) is 0.444. The summed E-state index contributed by atoms with van der Waals surface area (Å²) < 4.78 is 1.33. The highest BCUT2D eigenvalue weighted by Gasteiger charge is 2.07. The van der Waals surface area contributed by atoms with Gasteiger partial charge in [0.15, 0.2) is 5.65 Å². The van der Waals surface area contributed by atoms with Gasteiger partial charge < -0.3 is 10.0 Å². The van der Waals surface area contributed by atoms with Gasteiger partial charge in [0.2, 0.25) is 0 Å². The number of nitrogens with zero attached hydrogens (tertiary/aromatic N) is 4. The van der Waals surface area contributed by atoms with Gasteiger partial charge in [-0.2, -0.15) is 5.10 Å². The van der Waals surface area contributed by atoms with Crippen LogP contribution in [0.5, 0.6) is 0 Å². The molecule has 0 bridgehead atoms. The van der Waals surface area contributed by atoms with E-state index in [9.17, 15) is 4.79 Å². The summed E-state index contributed by atoms with van der Waals surface area (Å²) in [6.07, 6.45) is 1.43. The first-order chi connectivity index (χ1) is 7.76. The molecule has 0 amide bonds. The van der Waals surface area contributed by atoms with Crippen LogP contribution < -0.4 is 10.6 Å². The molecule has 7 heteroatoms. The first-order valence-corrected chi connectivity index (χ1v) is 5.05. The van der Waals surface area contributed by atoms with Crippen LogP contribution in [-0.4, -0.2) is 44.4 Å². The number of aromatic nitrogens is 4. The average molecular weight is 223 g/mol. The SMILES string of the molecule is CCN(CCO)c1cc2n[nH]c(=O)n2cn1. The Balaban J connectivity index is 2.41. The standard InChI is InChI=1S/C9H13N5O2/c1-2-13(3-4-15)7-5-8-11-12-9(16)14(8)6-10-7/h5-6,15H,2-4H2,1H3,(H,12,16). The number of hydrogen-bond donors (Lipinski definition) is 2. The predicted molar refractivity (Wildman–Crippen MR) is 58.6 cm³/mol. The molecule has 0 saturated heterocycles. The lowest BCUT2D eigenvalue weighted by Crippen LogP contribution is -2.27. The maximum absolute atomic E-state index is 11.2. The molecule has 0 spiro atoms. The summed E-state index contributed by atoms with van der Waals surface area (Å²) in [5.41, 5.74) is 0.214. The van der Waals surface area contributed by atoms with E-state index in [4.69, 9.17) is 5.11 Å². The molecule has 0 atom stereocenters. The first-order valence-electron chi connectivity index (χ1n) is 5.05. The second kappa shape index (κ2) is 4.31. The number of hydrogen-bond acceptors (Lipinski definition) is 5. The third-order valence-corrected chi connectivity index (χ3v) is 2.37. The molecule has 2 rings (SSSR count). The molecule has 2 N–H and O–H groups in total. The van der Waals surface area contributed by atoms with Gasteiger partial charge in [0.25, 0.3) is 0 Å². The van der Waals surface area contributed by atoms with E-state index in [1.54, 1.807) is 6.07 Å². The molecule has 0 unspecified atom stereocenters. The van der Waals surface area contributed by atoms with Gasteiger partial charge in [0.05, 0.1) is 6.61 Å². The van der Waals surface area contributed by atoms with Crippen molar-refractivity contribution in [3.05, 3.63) is 22.9 Å². The summed E-state index contributed by atoms with van der Waals surface area (Å²) >= 11 is 0. The topological polar surface area (TPSA) is 86.5 Å². The molecule has 7 nitrogen and oxygen atoms in total. The van der Waals surface area contributed by atoms with Gasteiger partial charge in [-0.3, -0.25) is 0 Å². The largest absolute Gasteiger partial charge is 0.395 e. The number of aromatic amines is 1. The summed E-state index contributed by atoms with van der Waals surface area (Å²) in [5, 5.41) is 15.1. The summed E-state index contributed by atoms with van der Waals surface area (Å²) in [7, 11) is 0. The second-order valence-corrected chi connectivity index (χ2v) is 3.31. The van der Waals surface area contributed by atoms with Crippen LogP contribution in [0.3, 0.4) is 0 Å². The van der Waals surface area contributed by atoms with Crippen molar-refractivity contribution < 1.29 is 5.11 Å². The number of aliphatic hydroxyl groups excluding tert-OH is 1. The van der Waals surface area contributed by atoms with E-state index in [1.165, 1.54) is 10.7 Å². The van der Waals surface area contributed by atoms with E-state index >= 15 is 0 Å². The van der Waals surface area contributed by atoms with Crippen LogP contribution in [0.15, 0.2) is 17.2 Å². The molecule has 2 aromatic rings. The lowest BCUT2D eigenvalue weighted by Gasteiger charge is -2.20. The van der Waals surface area contributed by atoms with Gasteiger partial charge in [0, 0.05) is 19.2 Å². The van der Waals surface area contributed by atoms with Crippen molar-refractivity contribution in [2.75, 3.05) is 24.6 Å². The predicted octanol–water partition coefficient (Wildman–Crippen LogP) is -0.764. The Morgan fingerprint density at radius 2 is 2.44 bits per heavy atom. The molecule has 0 fully saturated rings. The van der Waals surface area contributed by atoms with Crippen molar-refractivity contribution >= 4 is 11.5 Å². The van der Waals surface area contributed by atoms with E-state index in [-0.39, 0.29) is 12.3 Å². The van der Waals surface area contributed by atoms with Gasteiger partial charge in [-0.1, -0.05) is 0 Å². The van der Waals surface area contributed by atoms with Crippen LogP contribution in [0, 0.1) is 0 Å². The smallest absolute Gasteiger partial charge is 0.348 e. The van der Waals surface area contributed by atoms with Crippen molar-refractivity contribution in [3.63, 3.8) is 0 Å². The van der Waals surface area contributed by atoms with Gasteiger partial charge in [-0.25, -0.2) is 19.3 Å².